The molecule has 2 bridgehead atoms. The molecule has 4 saturated carbocycles. The van der Waals surface area contributed by atoms with Gasteiger partial charge in [0.1, 0.15) is 6.61 Å². The minimum Gasteiger partial charge on any atom is -0.458 e. The average Bonchev–Trinajstić information content (AvgIpc) is 3.85. The number of hydrazine groups is 1. The standard InChI is InChI=1S/C45H64N2O6/c1-30(11-10-14-32-12-6-5-7-13-32)15-16-34-18-22-40(3)29-43(53-31(2)48)39-41(4,35-26-42(20-8-9-21-42)27-36(35)46-47-43)23-19-37(49)45(34,39)44(40,51)24-17-33-25-38(50)52-28-33/h5-7,12-13,18,22,25,30,34-37,39,46-47,49,51H,8-11,14-17,19-21,23-24,26-29H2,1-4H3/t30-,34-,35+,36-,37+,39-,40+,41+,43-,44-,45+/m1/s1. The van der Waals surface area contributed by atoms with Crippen molar-refractivity contribution in [1.82, 2.24) is 10.9 Å². The van der Waals surface area contributed by atoms with Crippen LogP contribution in [0.3, 0.4) is 0 Å². The Hall–Kier alpha value is -2.52. The molecule has 53 heavy (non-hydrogen) atoms. The van der Waals surface area contributed by atoms with E-state index in [4.69, 9.17) is 9.47 Å². The van der Waals surface area contributed by atoms with Gasteiger partial charge in [-0.3, -0.25) is 10.2 Å². The number of nitrogens with one attached hydrogen (secondary N) is 2. The monoisotopic (exact) mass is 728 g/mol. The highest BCUT2D eigenvalue weighted by atomic mass is 16.6. The van der Waals surface area contributed by atoms with Crippen LogP contribution in [0, 0.1) is 45.3 Å². The van der Waals surface area contributed by atoms with Gasteiger partial charge in [-0.25, -0.2) is 10.2 Å². The Bertz CT molecular complexity index is 1620. The maximum Gasteiger partial charge on any atom is 0.331 e. The molecule has 8 nitrogen and oxygen atoms in total. The predicted molar refractivity (Wildman–Crippen MR) is 204 cm³/mol. The van der Waals surface area contributed by atoms with Gasteiger partial charge in [-0.1, -0.05) is 88.9 Å². The average molecular weight is 729 g/mol. The van der Waals surface area contributed by atoms with Crippen LogP contribution in [0.25, 0.3) is 0 Å². The Morgan fingerprint density at radius 3 is 2.57 bits per heavy atom. The molecule has 1 aromatic carbocycles. The van der Waals surface area contributed by atoms with E-state index in [1.807, 2.05) is 0 Å². The zero-order valence-corrected chi connectivity index (χ0v) is 32.6. The largest absolute Gasteiger partial charge is 0.458 e. The number of allylic oxidation sites excluding steroid dienone is 1. The van der Waals surface area contributed by atoms with E-state index in [0.717, 1.165) is 56.9 Å². The molecule has 290 valence electrons. The number of esters is 2. The number of aliphatic hydroxyl groups is 2. The number of hydrogen-bond donors (Lipinski definition) is 4. The first-order chi connectivity index (χ1) is 25.3. The van der Waals surface area contributed by atoms with Crippen LogP contribution in [0.4, 0.5) is 0 Å². The SMILES string of the molecule is CC(=O)O[C@@]12C[C@]3(C)C=C[C@@H](CC[C@H](C)CCCc4ccccc4)[C@@]4([C@@H](O)CC[C@@](C)([C@H]5CC6(CCCC6)C[C@H]5NN1)[C@@H]42)[C@@]3(O)CCC1=CC(=O)OC1. The number of fused-ring (bicyclic) bond motifs is 3. The zero-order chi connectivity index (χ0) is 37.3. The van der Waals surface area contributed by atoms with E-state index in [9.17, 15) is 19.8 Å². The van der Waals surface area contributed by atoms with Crippen LogP contribution in [0.2, 0.25) is 0 Å². The summed E-state index contributed by atoms with van der Waals surface area (Å²) in [4.78, 5) is 25.5. The van der Waals surface area contributed by atoms with Crippen molar-refractivity contribution >= 4 is 11.9 Å². The Kier molecular flexibility index (Phi) is 9.60. The normalized spacial score (nSPS) is 42.7. The van der Waals surface area contributed by atoms with Crippen LogP contribution in [-0.4, -0.2) is 52.2 Å². The molecule has 5 aliphatic carbocycles. The lowest BCUT2D eigenvalue weighted by molar-refractivity contribution is -0.357. The molecule has 11 atom stereocenters. The highest BCUT2D eigenvalue weighted by molar-refractivity contribution is 5.85. The van der Waals surface area contributed by atoms with Crippen LogP contribution < -0.4 is 10.9 Å². The van der Waals surface area contributed by atoms with E-state index in [1.54, 1.807) is 6.08 Å². The summed E-state index contributed by atoms with van der Waals surface area (Å²) in [5, 5.41) is 27.0. The Morgan fingerprint density at radius 2 is 1.85 bits per heavy atom. The molecule has 0 amide bonds. The fraction of sp³-hybridized carbons (Fsp3) is 0.733. The molecule has 2 heterocycles. The molecule has 8 heteroatoms. The molecule has 1 aromatic rings. The van der Waals surface area contributed by atoms with Crippen LogP contribution in [0.15, 0.2) is 54.1 Å². The maximum absolute atomic E-state index is 14.0. The highest BCUT2D eigenvalue weighted by Crippen LogP contribution is 2.77. The lowest BCUT2D eigenvalue weighted by atomic mass is 9.31. The summed E-state index contributed by atoms with van der Waals surface area (Å²) >= 11 is 0. The lowest BCUT2D eigenvalue weighted by Crippen LogP contribution is -2.83. The summed E-state index contributed by atoms with van der Waals surface area (Å²) in [6.07, 6.45) is 20.4. The van der Waals surface area contributed by atoms with Crippen LogP contribution in [0.1, 0.15) is 130 Å². The molecule has 0 radical (unpaired) electrons. The second-order valence-corrected chi connectivity index (χ2v) is 19.4. The number of ether oxygens (including phenoxy) is 2. The van der Waals surface area contributed by atoms with E-state index in [2.05, 4.69) is 74.1 Å². The van der Waals surface area contributed by atoms with Crippen molar-refractivity contribution in [3.8, 4) is 0 Å². The van der Waals surface area contributed by atoms with Crippen LogP contribution in [-0.2, 0) is 25.5 Å². The quantitative estimate of drug-likeness (QED) is 0.137. The number of carbonyl (C=O) groups excluding carboxylic acids is 2. The third-order valence-corrected chi connectivity index (χ3v) is 16.3. The fourth-order valence-electron chi connectivity index (χ4n) is 14.2. The van der Waals surface area contributed by atoms with E-state index < -0.39 is 28.3 Å². The first-order valence-electron chi connectivity index (χ1n) is 21.0. The van der Waals surface area contributed by atoms with Crippen molar-refractivity contribution in [2.75, 3.05) is 6.61 Å². The van der Waals surface area contributed by atoms with Gasteiger partial charge in [0.25, 0.3) is 0 Å². The van der Waals surface area contributed by atoms with Crippen molar-refractivity contribution in [3.63, 3.8) is 0 Å². The van der Waals surface area contributed by atoms with E-state index in [-0.39, 0.29) is 41.8 Å². The van der Waals surface area contributed by atoms with Gasteiger partial charge < -0.3 is 19.7 Å². The van der Waals surface area contributed by atoms with Gasteiger partial charge in [0.2, 0.25) is 0 Å². The predicted octanol–water partition coefficient (Wildman–Crippen LogP) is 7.49. The summed E-state index contributed by atoms with van der Waals surface area (Å²) in [7, 11) is 0. The van der Waals surface area contributed by atoms with Crippen LogP contribution >= 0.6 is 0 Å². The highest BCUT2D eigenvalue weighted by Gasteiger charge is 2.82. The minimum atomic E-state index is -1.34. The molecule has 1 saturated heterocycles. The number of carbonyl (C=O) groups is 2. The molecule has 7 aliphatic rings. The van der Waals surface area contributed by atoms with Crippen molar-refractivity contribution in [2.45, 2.75) is 154 Å². The van der Waals surface area contributed by atoms with Crippen LogP contribution in [0.5, 0.6) is 0 Å². The Balaban J connectivity index is 1.21. The van der Waals surface area contributed by atoms with Gasteiger partial charge in [0, 0.05) is 42.2 Å². The molecule has 4 N–H and O–H groups in total. The molecule has 2 aliphatic heterocycles. The number of cyclic esters (lactones) is 1. The first kappa shape index (κ1) is 37.4. The van der Waals surface area contributed by atoms with Crippen molar-refractivity contribution < 1.29 is 29.3 Å². The number of aryl methyl sites for hydroxylation is 1. The fourth-order valence-corrected chi connectivity index (χ4v) is 14.2. The minimum absolute atomic E-state index is 0.136. The summed E-state index contributed by atoms with van der Waals surface area (Å²) in [5.41, 5.74) is 5.53. The summed E-state index contributed by atoms with van der Waals surface area (Å²) in [6, 6.07) is 10.9. The van der Waals surface area contributed by atoms with Gasteiger partial charge in [-0.05, 0) is 110 Å². The smallest absolute Gasteiger partial charge is 0.331 e. The topological polar surface area (TPSA) is 117 Å². The molecule has 8 rings (SSSR count). The second kappa shape index (κ2) is 13.6. The van der Waals surface area contributed by atoms with Crippen molar-refractivity contribution in [3.05, 3.63) is 59.7 Å². The second-order valence-electron chi connectivity index (χ2n) is 19.4. The molecule has 0 unspecified atom stereocenters. The maximum atomic E-state index is 14.0. The Morgan fingerprint density at radius 1 is 1.08 bits per heavy atom. The van der Waals surface area contributed by atoms with Crippen molar-refractivity contribution in [1.29, 1.82) is 0 Å². The molecular formula is C45H64N2O6. The third kappa shape index (κ3) is 5.90. The van der Waals surface area contributed by atoms with Crippen molar-refractivity contribution in [2.24, 2.45) is 45.3 Å². The summed E-state index contributed by atoms with van der Waals surface area (Å²) in [6.45, 7) is 8.64. The molecule has 2 spiro atoms. The first-order valence-corrected chi connectivity index (χ1v) is 21.0. The van der Waals surface area contributed by atoms with Gasteiger partial charge in [0.05, 0.1) is 11.7 Å². The van der Waals surface area contributed by atoms with Gasteiger partial charge >= 0.3 is 11.9 Å². The third-order valence-electron chi connectivity index (χ3n) is 16.3. The zero-order valence-electron chi connectivity index (χ0n) is 32.6. The van der Waals surface area contributed by atoms with E-state index in [0.29, 0.717) is 42.9 Å². The van der Waals surface area contributed by atoms with E-state index >= 15 is 0 Å². The molecule has 5 fully saturated rings. The lowest BCUT2D eigenvalue weighted by Gasteiger charge is -2.76. The van der Waals surface area contributed by atoms with Gasteiger partial charge in [-0.15, -0.1) is 0 Å². The number of aliphatic hydroxyl groups excluding tert-OH is 1. The number of hydrogen-bond acceptors (Lipinski definition) is 8. The summed E-state index contributed by atoms with van der Waals surface area (Å²) < 4.78 is 12.0. The Labute approximate surface area is 316 Å². The summed E-state index contributed by atoms with van der Waals surface area (Å²) in [5.74, 6) is -0.386. The van der Waals surface area contributed by atoms with Gasteiger partial charge in [0.15, 0.2) is 5.72 Å². The van der Waals surface area contributed by atoms with E-state index in [1.165, 1.54) is 38.2 Å². The molecule has 0 aromatic heterocycles. The molecular weight excluding hydrogens is 665 g/mol. The number of rotatable bonds is 11. The van der Waals surface area contributed by atoms with Gasteiger partial charge in [-0.2, -0.15) is 0 Å². The number of benzene rings is 1.